The third-order valence-electron chi connectivity index (χ3n) is 5.51. The fourth-order valence-corrected chi connectivity index (χ4v) is 4.02. The number of hydrogen-bond acceptors (Lipinski definition) is 4. The van der Waals surface area contributed by atoms with Crippen LogP contribution in [0.4, 0.5) is 10.5 Å². The first-order valence-electron chi connectivity index (χ1n) is 11.2. The maximum Gasteiger partial charge on any atom is 0.319 e. The molecule has 0 unspecified atom stereocenters. The number of urea groups is 1. The monoisotopic (exact) mass is 497 g/mol. The quantitative estimate of drug-likeness (QED) is 0.336. The highest BCUT2D eigenvalue weighted by atomic mass is 35.5. The topological polar surface area (TPSA) is 121 Å². The Labute approximate surface area is 208 Å². The molecule has 1 aromatic heterocycles. The van der Waals surface area contributed by atoms with Crippen LogP contribution in [0.3, 0.4) is 0 Å². The number of anilines is 1. The summed E-state index contributed by atoms with van der Waals surface area (Å²) in [5.74, 6) is -1.40. The molecule has 0 aliphatic carbocycles. The van der Waals surface area contributed by atoms with Crippen LogP contribution in [0.2, 0.25) is 5.02 Å². The highest BCUT2D eigenvalue weighted by molar-refractivity contribution is 6.31. The summed E-state index contributed by atoms with van der Waals surface area (Å²) in [7, 11) is 0. The summed E-state index contributed by atoms with van der Waals surface area (Å²) in [6.07, 6.45) is 2.40. The molecule has 0 saturated heterocycles. The number of carboxylic acid groups (broad SMARTS) is 1. The van der Waals surface area contributed by atoms with Gasteiger partial charge in [-0.05, 0) is 30.5 Å². The van der Waals surface area contributed by atoms with E-state index in [1.807, 2.05) is 19.9 Å². The maximum atomic E-state index is 13.2. The predicted octanol–water partition coefficient (Wildman–Crippen LogP) is 4.85. The molecular weight excluding hydrogens is 470 g/mol. The molecule has 0 saturated carbocycles. The number of nitrogens with one attached hydrogen (secondary N) is 2. The van der Waals surface area contributed by atoms with Crippen LogP contribution in [0, 0.1) is 6.92 Å². The van der Waals surface area contributed by atoms with E-state index in [1.54, 1.807) is 48.7 Å². The number of carbonyl (C=O) groups excluding carboxylic acids is 1. The number of carboxylic acids is 1. The SMILES string of the molecule is CCCc1cn(Cc2ccccc2Cl)c(=O)c(NC(=O)N[C@@H](CC(=O)O)c2cccc(C)c2)c1O. The second-order valence-corrected chi connectivity index (χ2v) is 8.72. The van der Waals surface area contributed by atoms with Gasteiger partial charge in [-0.3, -0.25) is 9.59 Å². The van der Waals surface area contributed by atoms with Crippen LogP contribution < -0.4 is 16.2 Å². The van der Waals surface area contributed by atoms with Crippen molar-refractivity contribution < 1.29 is 19.8 Å². The summed E-state index contributed by atoms with van der Waals surface area (Å²) in [6, 6.07) is 12.6. The lowest BCUT2D eigenvalue weighted by Gasteiger charge is -2.20. The molecule has 1 atom stereocenters. The number of halogens is 1. The van der Waals surface area contributed by atoms with E-state index in [4.69, 9.17) is 11.6 Å². The van der Waals surface area contributed by atoms with Gasteiger partial charge >= 0.3 is 12.0 Å². The summed E-state index contributed by atoms with van der Waals surface area (Å²) >= 11 is 6.26. The van der Waals surface area contributed by atoms with Gasteiger partial charge in [0.05, 0.1) is 19.0 Å². The van der Waals surface area contributed by atoms with Gasteiger partial charge in [-0.2, -0.15) is 0 Å². The Kier molecular flexibility index (Phi) is 8.54. The minimum atomic E-state index is -1.09. The number of rotatable bonds is 9. The van der Waals surface area contributed by atoms with E-state index in [1.165, 1.54) is 4.57 Å². The van der Waals surface area contributed by atoms with Gasteiger partial charge < -0.3 is 25.4 Å². The molecule has 8 nitrogen and oxygen atoms in total. The lowest BCUT2D eigenvalue weighted by molar-refractivity contribution is -0.137. The van der Waals surface area contributed by atoms with E-state index in [9.17, 15) is 24.6 Å². The molecule has 184 valence electrons. The number of pyridine rings is 1. The minimum absolute atomic E-state index is 0.150. The molecule has 2 aromatic carbocycles. The fourth-order valence-electron chi connectivity index (χ4n) is 3.83. The lowest BCUT2D eigenvalue weighted by atomic mass is 10.0. The van der Waals surface area contributed by atoms with Crippen LogP contribution in [0.1, 0.15) is 48.1 Å². The molecule has 9 heteroatoms. The van der Waals surface area contributed by atoms with Gasteiger partial charge in [0, 0.05) is 16.8 Å². The van der Waals surface area contributed by atoms with Gasteiger partial charge in [0.2, 0.25) is 0 Å². The zero-order chi connectivity index (χ0) is 25.5. The number of amides is 2. The van der Waals surface area contributed by atoms with Crippen LogP contribution in [0.15, 0.2) is 59.5 Å². The van der Waals surface area contributed by atoms with Crippen LogP contribution in [0.5, 0.6) is 5.75 Å². The lowest BCUT2D eigenvalue weighted by Crippen LogP contribution is -2.36. The summed E-state index contributed by atoms with van der Waals surface area (Å²) in [5, 5.41) is 25.6. The Morgan fingerprint density at radius 1 is 1.11 bits per heavy atom. The first-order chi connectivity index (χ1) is 16.7. The first-order valence-corrected chi connectivity index (χ1v) is 11.6. The minimum Gasteiger partial charge on any atom is -0.505 e. The Hall–Kier alpha value is -3.78. The van der Waals surface area contributed by atoms with E-state index in [2.05, 4.69) is 10.6 Å². The predicted molar refractivity (Wildman–Crippen MR) is 135 cm³/mol. The average molecular weight is 498 g/mol. The molecule has 0 bridgehead atoms. The summed E-state index contributed by atoms with van der Waals surface area (Å²) in [5.41, 5.74) is 1.84. The number of benzene rings is 2. The van der Waals surface area contributed by atoms with Gasteiger partial charge in [-0.1, -0.05) is 73.0 Å². The molecule has 3 aromatic rings. The Balaban J connectivity index is 1.93. The number of aliphatic carboxylic acids is 1. The molecule has 0 fully saturated rings. The second-order valence-electron chi connectivity index (χ2n) is 8.32. The molecule has 2 amide bonds. The standard InChI is InChI=1S/C26H28ClN3O5/c1-3-7-19-15-30(14-18-9-4-5-11-20(18)27)25(34)23(24(19)33)29-26(35)28-21(13-22(31)32)17-10-6-8-16(2)12-17/h4-6,8-12,15,21,33H,3,7,13-14H2,1-2H3,(H,31,32)(H2,28,29,35)/t21-/m0/s1. The molecule has 4 N–H and O–H groups in total. The van der Waals surface area contributed by atoms with Crippen molar-refractivity contribution in [2.45, 2.75) is 45.7 Å². The average Bonchev–Trinajstić information content (AvgIpc) is 2.80. The van der Waals surface area contributed by atoms with Gasteiger partial charge in [0.15, 0.2) is 5.69 Å². The number of nitrogens with zero attached hydrogens (tertiary/aromatic N) is 1. The van der Waals surface area contributed by atoms with Gasteiger partial charge in [0.1, 0.15) is 5.75 Å². The zero-order valence-electron chi connectivity index (χ0n) is 19.5. The van der Waals surface area contributed by atoms with Crippen molar-refractivity contribution >= 4 is 29.3 Å². The molecular formula is C26H28ClN3O5. The zero-order valence-corrected chi connectivity index (χ0v) is 20.3. The first kappa shape index (κ1) is 25.8. The third-order valence-corrected chi connectivity index (χ3v) is 5.88. The highest BCUT2D eigenvalue weighted by Gasteiger charge is 2.22. The van der Waals surface area contributed by atoms with Crippen LogP contribution in [0.25, 0.3) is 0 Å². The molecule has 0 aliphatic heterocycles. The van der Waals surface area contributed by atoms with Crippen molar-refractivity contribution in [3.8, 4) is 5.75 Å². The second kappa shape index (κ2) is 11.6. The number of hydrogen-bond donors (Lipinski definition) is 4. The van der Waals surface area contributed by atoms with E-state index < -0.39 is 23.6 Å². The fraction of sp³-hybridized carbons (Fsp3) is 0.269. The largest absolute Gasteiger partial charge is 0.505 e. The summed E-state index contributed by atoms with van der Waals surface area (Å²) in [4.78, 5) is 37.5. The van der Waals surface area contributed by atoms with E-state index in [-0.39, 0.29) is 24.4 Å². The van der Waals surface area contributed by atoms with Crippen LogP contribution in [-0.4, -0.2) is 26.8 Å². The van der Waals surface area contributed by atoms with E-state index >= 15 is 0 Å². The molecule has 1 heterocycles. The molecule has 0 radical (unpaired) electrons. The Morgan fingerprint density at radius 2 is 1.86 bits per heavy atom. The third kappa shape index (κ3) is 6.64. The van der Waals surface area contributed by atoms with Gasteiger partial charge in [-0.25, -0.2) is 4.79 Å². The van der Waals surface area contributed by atoms with E-state index in [0.29, 0.717) is 34.6 Å². The molecule has 0 aliphatic rings. The normalized spacial score (nSPS) is 11.6. The number of aromatic nitrogens is 1. The maximum absolute atomic E-state index is 13.2. The molecule has 3 rings (SSSR count). The number of aryl methyl sites for hydroxylation is 2. The van der Waals surface area contributed by atoms with Crippen molar-refractivity contribution in [2.24, 2.45) is 0 Å². The van der Waals surface area contributed by atoms with Crippen molar-refractivity contribution in [1.82, 2.24) is 9.88 Å². The van der Waals surface area contributed by atoms with Gasteiger partial charge in [-0.15, -0.1) is 0 Å². The molecule has 0 spiro atoms. The van der Waals surface area contributed by atoms with E-state index in [0.717, 1.165) is 5.56 Å². The van der Waals surface area contributed by atoms with Crippen molar-refractivity contribution in [3.05, 3.63) is 92.4 Å². The van der Waals surface area contributed by atoms with Crippen LogP contribution in [-0.2, 0) is 17.8 Å². The molecule has 35 heavy (non-hydrogen) atoms. The van der Waals surface area contributed by atoms with Crippen molar-refractivity contribution in [1.29, 1.82) is 0 Å². The Bertz CT molecular complexity index is 1290. The smallest absolute Gasteiger partial charge is 0.319 e. The highest BCUT2D eigenvalue weighted by Crippen LogP contribution is 2.27. The number of carbonyl (C=O) groups is 2. The number of aromatic hydroxyl groups is 1. The summed E-state index contributed by atoms with van der Waals surface area (Å²) < 4.78 is 1.39. The van der Waals surface area contributed by atoms with Crippen molar-refractivity contribution in [2.75, 3.05) is 5.32 Å². The van der Waals surface area contributed by atoms with Crippen LogP contribution >= 0.6 is 11.6 Å². The van der Waals surface area contributed by atoms with Crippen molar-refractivity contribution in [3.63, 3.8) is 0 Å². The van der Waals surface area contributed by atoms with Gasteiger partial charge in [0.25, 0.3) is 5.56 Å². The summed E-state index contributed by atoms with van der Waals surface area (Å²) in [6.45, 7) is 3.94. The Morgan fingerprint density at radius 3 is 2.51 bits per heavy atom.